The summed E-state index contributed by atoms with van der Waals surface area (Å²) in [6, 6.07) is 4.35. The van der Waals surface area contributed by atoms with Gasteiger partial charge in [-0.2, -0.15) is 5.26 Å². The van der Waals surface area contributed by atoms with Gasteiger partial charge >= 0.3 is 0 Å². The number of halogens is 2. The van der Waals surface area contributed by atoms with Crippen molar-refractivity contribution in [2.75, 3.05) is 0 Å². The fourth-order valence-corrected chi connectivity index (χ4v) is 1.23. The van der Waals surface area contributed by atoms with Crippen molar-refractivity contribution >= 4 is 5.78 Å². The van der Waals surface area contributed by atoms with Crippen LogP contribution in [0, 0.1) is 28.9 Å². The van der Waals surface area contributed by atoms with Crippen molar-refractivity contribution in [1.82, 2.24) is 0 Å². The number of ketones is 1. The minimum Gasteiger partial charge on any atom is -0.293 e. The topological polar surface area (TPSA) is 40.9 Å². The third kappa shape index (κ3) is 2.59. The molecule has 0 radical (unpaired) electrons. The number of rotatable bonds is 3. The molecule has 0 aliphatic heterocycles. The molecule has 2 nitrogen and oxygen atoms in total. The van der Waals surface area contributed by atoms with Gasteiger partial charge in [-0.25, -0.2) is 8.78 Å². The van der Waals surface area contributed by atoms with Crippen LogP contribution in [0.5, 0.6) is 0 Å². The van der Waals surface area contributed by atoms with Gasteiger partial charge in [0.1, 0.15) is 17.6 Å². The summed E-state index contributed by atoms with van der Waals surface area (Å²) in [7, 11) is 0. The van der Waals surface area contributed by atoms with E-state index in [0.29, 0.717) is 12.5 Å². The maximum absolute atomic E-state index is 12.8. The molecule has 0 saturated carbocycles. The van der Waals surface area contributed by atoms with Crippen molar-refractivity contribution < 1.29 is 13.6 Å². The summed E-state index contributed by atoms with van der Waals surface area (Å²) in [5.74, 6) is -3.01. The van der Waals surface area contributed by atoms with E-state index in [1.165, 1.54) is 0 Å². The standard InChI is InChI=1S/C11H9F2NO/c1-2-7(6-14)11(15)8-3-9(12)5-10(13)4-8/h3-5,7H,2H2,1H3. The largest absolute Gasteiger partial charge is 0.293 e. The van der Waals surface area contributed by atoms with Crippen LogP contribution in [0.1, 0.15) is 23.7 Å². The van der Waals surface area contributed by atoms with Crippen LogP contribution in [0.3, 0.4) is 0 Å². The van der Waals surface area contributed by atoms with Crippen molar-refractivity contribution in [1.29, 1.82) is 5.26 Å². The lowest BCUT2D eigenvalue weighted by atomic mass is 9.96. The van der Waals surface area contributed by atoms with Gasteiger partial charge < -0.3 is 0 Å². The summed E-state index contributed by atoms with van der Waals surface area (Å²) >= 11 is 0. The smallest absolute Gasteiger partial charge is 0.180 e. The molecule has 0 spiro atoms. The summed E-state index contributed by atoms with van der Waals surface area (Å²) in [4.78, 5) is 11.6. The lowest BCUT2D eigenvalue weighted by Gasteiger charge is -2.05. The van der Waals surface area contributed by atoms with Crippen LogP contribution in [0.2, 0.25) is 0 Å². The maximum Gasteiger partial charge on any atom is 0.180 e. The summed E-state index contributed by atoms with van der Waals surface area (Å²) in [6.45, 7) is 1.67. The van der Waals surface area contributed by atoms with Gasteiger partial charge in [-0.3, -0.25) is 4.79 Å². The molecule has 15 heavy (non-hydrogen) atoms. The Morgan fingerprint density at radius 1 is 1.40 bits per heavy atom. The summed E-state index contributed by atoms with van der Waals surface area (Å²) in [5.41, 5.74) is -0.0964. The van der Waals surface area contributed by atoms with Crippen LogP contribution in [-0.2, 0) is 0 Å². The van der Waals surface area contributed by atoms with Crippen LogP contribution < -0.4 is 0 Å². The molecule has 0 bridgehead atoms. The Bertz CT molecular complexity index is 403. The van der Waals surface area contributed by atoms with Gasteiger partial charge in [0.05, 0.1) is 6.07 Å². The molecule has 0 amide bonds. The number of hydrogen-bond acceptors (Lipinski definition) is 2. The monoisotopic (exact) mass is 209 g/mol. The Balaban J connectivity index is 3.06. The van der Waals surface area contributed by atoms with Gasteiger partial charge in [0.15, 0.2) is 5.78 Å². The van der Waals surface area contributed by atoms with Gasteiger partial charge in [-0.15, -0.1) is 0 Å². The lowest BCUT2D eigenvalue weighted by molar-refractivity contribution is 0.0945. The third-order valence-electron chi connectivity index (χ3n) is 2.03. The molecule has 0 N–H and O–H groups in total. The van der Waals surface area contributed by atoms with Gasteiger partial charge in [0, 0.05) is 11.6 Å². The lowest BCUT2D eigenvalue weighted by Crippen LogP contribution is -2.12. The Morgan fingerprint density at radius 2 is 1.93 bits per heavy atom. The molecule has 0 aromatic heterocycles. The molecule has 1 rings (SSSR count). The van der Waals surface area contributed by atoms with Crippen molar-refractivity contribution in [3.05, 3.63) is 35.4 Å². The van der Waals surface area contributed by atoms with E-state index in [2.05, 4.69) is 0 Å². The van der Waals surface area contributed by atoms with E-state index in [4.69, 9.17) is 5.26 Å². The third-order valence-corrected chi connectivity index (χ3v) is 2.03. The molecule has 1 aromatic rings. The van der Waals surface area contributed by atoms with Gasteiger partial charge in [0.2, 0.25) is 0 Å². The molecule has 0 aliphatic rings. The summed E-state index contributed by atoms with van der Waals surface area (Å²) in [6.07, 6.45) is 0.327. The first-order chi connectivity index (χ1) is 7.08. The normalized spacial score (nSPS) is 11.9. The van der Waals surface area contributed by atoms with E-state index in [0.717, 1.165) is 12.1 Å². The number of hydrogen-bond donors (Lipinski definition) is 0. The fraction of sp³-hybridized carbons (Fsp3) is 0.273. The Morgan fingerprint density at radius 3 is 2.33 bits per heavy atom. The minimum atomic E-state index is -0.841. The van der Waals surface area contributed by atoms with Crippen LogP contribution in [0.4, 0.5) is 8.78 Å². The fourth-order valence-electron chi connectivity index (χ4n) is 1.23. The predicted molar refractivity (Wildman–Crippen MR) is 50.1 cm³/mol. The van der Waals surface area contributed by atoms with Crippen molar-refractivity contribution in [3.63, 3.8) is 0 Å². The predicted octanol–water partition coefficient (Wildman–Crippen LogP) is 2.70. The molecule has 1 aromatic carbocycles. The van der Waals surface area contributed by atoms with Gasteiger partial charge in [-0.1, -0.05) is 6.92 Å². The first-order valence-corrected chi connectivity index (χ1v) is 4.48. The van der Waals surface area contributed by atoms with Crippen molar-refractivity contribution in [2.45, 2.75) is 13.3 Å². The summed E-state index contributed by atoms with van der Waals surface area (Å²) in [5, 5.41) is 8.64. The molecule has 0 aliphatic carbocycles. The highest BCUT2D eigenvalue weighted by Crippen LogP contribution is 2.14. The average molecular weight is 209 g/mol. The molecular formula is C11H9F2NO. The Hall–Kier alpha value is -1.76. The molecule has 0 saturated heterocycles. The number of carbonyl (C=O) groups is 1. The van der Waals surface area contributed by atoms with Crippen molar-refractivity contribution in [2.24, 2.45) is 5.92 Å². The summed E-state index contributed by atoms with van der Waals surface area (Å²) < 4.78 is 25.6. The van der Waals surface area contributed by atoms with E-state index in [9.17, 15) is 13.6 Å². The van der Waals surface area contributed by atoms with Gasteiger partial charge in [-0.05, 0) is 18.6 Å². The number of nitriles is 1. The molecule has 0 heterocycles. The Kier molecular flexibility index (Phi) is 3.51. The molecular weight excluding hydrogens is 200 g/mol. The van der Waals surface area contributed by atoms with E-state index in [-0.39, 0.29) is 5.56 Å². The zero-order valence-corrected chi connectivity index (χ0v) is 8.13. The molecule has 0 fully saturated rings. The number of benzene rings is 1. The molecule has 78 valence electrons. The molecule has 1 atom stereocenters. The highest BCUT2D eigenvalue weighted by atomic mass is 19.1. The van der Waals surface area contributed by atoms with Crippen molar-refractivity contribution in [3.8, 4) is 6.07 Å². The zero-order valence-electron chi connectivity index (χ0n) is 8.13. The van der Waals surface area contributed by atoms with Crippen LogP contribution >= 0.6 is 0 Å². The van der Waals surface area contributed by atoms with Crippen LogP contribution in [-0.4, -0.2) is 5.78 Å². The van der Waals surface area contributed by atoms with E-state index >= 15 is 0 Å². The van der Waals surface area contributed by atoms with E-state index < -0.39 is 23.3 Å². The highest BCUT2D eigenvalue weighted by Gasteiger charge is 2.18. The first kappa shape index (κ1) is 11.3. The van der Waals surface area contributed by atoms with Gasteiger partial charge in [0.25, 0.3) is 0 Å². The van der Waals surface area contributed by atoms with E-state index in [1.807, 2.05) is 0 Å². The van der Waals surface area contributed by atoms with E-state index in [1.54, 1.807) is 13.0 Å². The second kappa shape index (κ2) is 4.65. The number of Topliss-reactive ketones (excluding diaryl/α,β-unsaturated/α-hetero) is 1. The first-order valence-electron chi connectivity index (χ1n) is 4.48. The second-order valence-corrected chi connectivity index (χ2v) is 3.11. The number of nitrogens with zero attached hydrogens (tertiary/aromatic N) is 1. The van der Waals surface area contributed by atoms with Crippen LogP contribution in [0.25, 0.3) is 0 Å². The average Bonchev–Trinajstić information content (AvgIpc) is 2.18. The molecule has 1 unspecified atom stereocenters. The maximum atomic E-state index is 12.8. The quantitative estimate of drug-likeness (QED) is 0.718. The SMILES string of the molecule is CCC(C#N)C(=O)c1cc(F)cc(F)c1. The zero-order chi connectivity index (χ0) is 11.4. The van der Waals surface area contributed by atoms with Crippen LogP contribution in [0.15, 0.2) is 18.2 Å². The second-order valence-electron chi connectivity index (χ2n) is 3.11. The Labute approximate surface area is 86.1 Å². The highest BCUT2D eigenvalue weighted by molar-refractivity contribution is 5.99. The minimum absolute atomic E-state index is 0.0964. The molecule has 4 heteroatoms. The number of carbonyl (C=O) groups excluding carboxylic acids is 1.